The Morgan fingerprint density at radius 2 is 2.00 bits per heavy atom. The van der Waals surface area contributed by atoms with E-state index in [1.165, 1.54) is 5.56 Å². The minimum atomic E-state index is -0.0520. The molecule has 0 radical (unpaired) electrons. The maximum Gasteiger partial charge on any atom is 0.254 e. The number of hydrazone groups is 1. The van der Waals surface area contributed by atoms with Crippen LogP contribution in [-0.4, -0.2) is 61.2 Å². The lowest BCUT2D eigenvalue weighted by atomic mass is 10.2. The lowest BCUT2D eigenvalue weighted by molar-refractivity contribution is -0.122. The number of nitrogens with one attached hydrogen (secondary N) is 1. The van der Waals surface area contributed by atoms with Crippen molar-refractivity contribution in [2.75, 3.05) is 39.3 Å². The number of nitrogens with zero attached hydrogens (tertiary/aromatic N) is 3. The lowest BCUT2D eigenvalue weighted by Gasteiger charge is -2.33. The van der Waals surface area contributed by atoms with Crippen molar-refractivity contribution in [3.63, 3.8) is 0 Å². The predicted molar refractivity (Wildman–Crippen MR) is 85.5 cm³/mol. The van der Waals surface area contributed by atoms with Gasteiger partial charge in [-0.15, -0.1) is 0 Å². The minimum absolute atomic E-state index is 0.0520. The van der Waals surface area contributed by atoms with Crippen LogP contribution in [0.1, 0.15) is 18.1 Å². The zero-order chi connectivity index (χ0) is 15.1. The average Bonchev–Trinajstić information content (AvgIpc) is 2.48. The van der Waals surface area contributed by atoms with Gasteiger partial charge in [-0.25, -0.2) is 5.43 Å². The molecule has 1 aromatic rings. The fraction of sp³-hybridized carbons (Fsp3) is 0.500. The molecular weight excluding hydrogens is 264 g/mol. The van der Waals surface area contributed by atoms with Crippen molar-refractivity contribution >= 4 is 12.1 Å². The van der Waals surface area contributed by atoms with E-state index in [1.54, 1.807) is 6.21 Å². The van der Waals surface area contributed by atoms with Gasteiger partial charge in [-0.05, 0) is 19.0 Å². The van der Waals surface area contributed by atoms with Crippen LogP contribution in [0.25, 0.3) is 0 Å². The number of amides is 1. The fourth-order valence-electron chi connectivity index (χ4n) is 2.43. The van der Waals surface area contributed by atoms with Gasteiger partial charge in [0.15, 0.2) is 0 Å². The Labute approximate surface area is 126 Å². The van der Waals surface area contributed by atoms with Gasteiger partial charge in [-0.2, -0.15) is 5.10 Å². The fourth-order valence-corrected chi connectivity index (χ4v) is 2.43. The smallest absolute Gasteiger partial charge is 0.254 e. The summed E-state index contributed by atoms with van der Waals surface area (Å²) in [5.41, 5.74) is 4.77. The number of benzene rings is 1. The predicted octanol–water partition coefficient (Wildman–Crippen LogP) is 1.08. The number of carbonyl (C=O) groups is 1. The van der Waals surface area contributed by atoms with Gasteiger partial charge >= 0.3 is 0 Å². The molecule has 0 bridgehead atoms. The molecule has 0 aliphatic carbocycles. The summed E-state index contributed by atoms with van der Waals surface area (Å²) in [6.45, 7) is 9.68. The standard InChI is InChI=1S/C16H24N4O/c1-3-19-7-9-20(10-8-19)13-16(21)18-17-12-15-6-4-5-14(2)11-15/h4-6,11-12H,3,7-10,13H2,1-2H3,(H,18,21)/b17-12-. The second-order valence-corrected chi connectivity index (χ2v) is 5.42. The van der Waals surface area contributed by atoms with Crippen LogP contribution in [-0.2, 0) is 4.79 Å². The molecule has 1 N–H and O–H groups in total. The summed E-state index contributed by atoms with van der Waals surface area (Å²) in [6.07, 6.45) is 1.68. The molecule has 2 rings (SSSR count). The number of likely N-dealkylation sites (N-methyl/N-ethyl adjacent to an activating group) is 1. The van der Waals surface area contributed by atoms with Crippen LogP contribution in [0.5, 0.6) is 0 Å². The molecule has 1 aliphatic heterocycles. The van der Waals surface area contributed by atoms with Crippen molar-refractivity contribution < 1.29 is 4.79 Å². The van der Waals surface area contributed by atoms with Crippen LogP contribution < -0.4 is 5.43 Å². The molecule has 0 spiro atoms. The van der Waals surface area contributed by atoms with Crippen molar-refractivity contribution in [3.05, 3.63) is 35.4 Å². The van der Waals surface area contributed by atoms with Gasteiger partial charge in [0.2, 0.25) is 0 Å². The molecular formula is C16H24N4O. The first-order valence-electron chi connectivity index (χ1n) is 7.50. The van der Waals surface area contributed by atoms with Crippen molar-refractivity contribution in [3.8, 4) is 0 Å². The van der Waals surface area contributed by atoms with Crippen LogP contribution in [0.15, 0.2) is 29.4 Å². The summed E-state index contributed by atoms with van der Waals surface area (Å²) in [6, 6.07) is 8.00. The van der Waals surface area contributed by atoms with E-state index in [9.17, 15) is 4.79 Å². The van der Waals surface area contributed by atoms with Gasteiger partial charge in [0, 0.05) is 26.2 Å². The molecule has 21 heavy (non-hydrogen) atoms. The maximum atomic E-state index is 11.8. The lowest BCUT2D eigenvalue weighted by Crippen LogP contribution is -2.48. The number of carbonyl (C=O) groups excluding carboxylic acids is 1. The third kappa shape index (κ3) is 5.28. The van der Waals surface area contributed by atoms with Crippen LogP contribution >= 0.6 is 0 Å². The van der Waals surface area contributed by atoms with E-state index < -0.39 is 0 Å². The molecule has 1 heterocycles. The molecule has 5 nitrogen and oxygen atoms in total. The molecule has 0 atom stereocenters. The van der Waals surface area contributed by atoms with E-state index in [0.29, 0.717) is 6.54 Å². The molecule has 0 saturated carbocycles. The third-order valence-electron chi connectivity index (χ3n) is 3.72. The van der Waals surface area contributed by atoms with E-state index in [0.717, 1.165) is 38.3 Å². The highest BCUT2D eigenvalue weighted by Crippen LogP contribution is 2.01. The Balaban J connectivity index is 1.72. The molecule has 1 amide bonds. The normalized spacial score (nSPS) is 17.2. The monoisotopic (exact) mass is 288 g/mol. The summed E-state index contributed by atoms with van der Waals surface area (Å²) in [5, 5.41) is 4.02. The van der Waals surface area contributed by atoms with E-state index >= 15 is 0 Å². The van der Waals surface area contributed by atoms with Gasteiger partial charge in [0.25, 0.3) is 5.91 Å². The highest BCUT2D eigenvalue weighted by molar-refractivity contribution is 5.83. The average molecular weight is 288 g/mol. The summed E-state index contributed by atoms with van der Waals surface area (Å²) in [5.74, 6) is -0.0520. The molecule has 1 aromatic carbocycles. The van der Waals surface area contributed by atoms with E-state index in [4.69, 9.17) is 0 Å². The molecule has 1 aliphatic rings. The van der Waals surface area contributed by atoms with Crippen molar-refractivity contribution in [2.24, 2.45) is 5.10 Å². The largest absolute Gasteiger partial charge is 0.301 e. The topological polar surface area (TPSA) is 47.9 Å². The second kappa shape index (κ2) is 7.90. The second-order valence-electron chi connectivity index (χ2n) is 5.42. The van der Waals surface area contributed by atoms with Gasteiger partial charge in [0.1, 0.15) is 0 Å². The molecule has 0 aromatic heterocycles. The third-order valence-corrected chi connectivity index (χ3v) is 3.72. The first-order valence-corrected chi connectivity index (χ1v) is 7.50. The zero-order valence-corrected chi connectivity index (χ0v) is 12.9. The van der Waals surface area contributed by atoms with E-state index in [1.807, 2.05) is 31.2 Å². The summed E-state index contributed by atoms with van der Waals surface area (Å²) >= 11 is 0. The van der Waals surface area contributed by atoms with Gasteiger partial charge in [0.05, 0.1) is 12.8 Å². The van der Waals surface area contributed by atoms with Crippen LogP contribution in [0, 0.1) is 6.92 Å². The summed E-state index contributed by atoms with van der Waals surface area (Å²) in [7, 11) is 0. The van der Waals surface area contributed by atoms with Crippen LogP contribution in [0.4, 0.5) is 0 Å². The van der Waals surface area contributed by atoms with Crippen molar-refractivity contribution in [2.45, 2.75) is 13.8 Å². The Morgan fingerprint density at radius 1 is 1.29 bits per heavy atom. The minimum Gasteiger partial charge on any atom is -0.301 e. The summed E-state index contributed by atoms with van der Waals surface area (Å²) in [4.78, 5) is 16.4. The Hall–Kier alpha value is -1.72. The zero-order valence-electron chi connectivity index (χ0n) is 12.9. The van der Waals surface area contributed by atoms with E-state index in [2.05, 4.69) is 27.3 Å². The van der Waals surface area contributed by atoms with Crippen LogP contribution in [0.3, 0.4) is 0 Å². The van der Waals surface area contributed by atoms with Gasteiger partial charge in [-0.1, -0.05) is 36.8 Å². The van der Waals surface area contributed by atoms with Crippen molar-refractivity contribution in [1.29, 1.82) is 0 Å². The van der Waals surface area contributed by atoms with Crippen molar-refractivity contribution in [1.82, 2.24) is 15.2 Å². The van der Waals surface area contributed by atoms with E-state index in [-0.39, 0.29) is 5.91 Å². The SMILES string of the molecule is CCN1CCN(CC(=O)N/N=C\c2cccc(C)c2)CC1. The number of aryl methyl sites for hydroxylation is 1. The molecule has 114 valence electrons. The first kappa shape index (κ1) is 15.7. The first-order chi connectivity index (χ1) is 10.2. The number of hydrogen-bond acceptors (Lipinski definition) is 4. The molecule has 1 saturated heterocycles. The summed E-state index contributed by atoms with van der Waals surface area (Å²) < 4.78 is 0. The molecule has 0 unspecified atom stereocenters. The van der Waals surface area contributed by atoms with Gasteiger partial charge in [-0.3, -0.25) is 9.69 Å². The van der Waals surface area contributed by atoms with Crippen LogP contribution in [0.2, 0.25) is 0 Å². The quantitative estimate of drug-likeness (QED) is 0.651. The molecule has 1 fully saturated rings. The Bertz CT molecular complexity index is 493. The Kier molecular flexibility index (Phi) is 5.90. The van der Waals surface area contributed by atoms with Gasteiger partial charge < -0.3 is 4.90 Å². The number of piperazine rings is 1. The number of rotatable bonds is 5. The highest BCUT2D eigenvalue weighted by Gasteiger charge is 2.17. The number of hydrogen-bond donors (Lipinski definition) is 1. The molecule has 5 heteroatoms. The Morgan fingerprint density at radius 3 is 2.67 bits per heavy atom. The maximum absolute atomic E-state index is 11.8. The highest BCUT2D eigenvalue weighted by atomic mass is 16.2.